The second-order valence-electron chi connectivity index (χ2n) is 6.61. The number of aromatic nitrogens is 3. The van der Waals surface area contributed by atoms with Crippen molar-refractivity contribution in [3.63, 3.8) is 0 Å². The van der Waals surface area contributed by atoms with Gasteiger partial charge in [0.2, 0.25) is 5.91 Å². The molecule has 0 spiro atoms. The van der Waals surface area contributed by atoms with E-state index in [0.29, 0.717) is 6.61 Å². The molecule has 1 amide bonds. The minimum absolute atomic E-state index is 0.130. The zero-order valence-electron chi connectivity index (χ0n) is 14.9. The summed E-state index contributed by atoms with van der Waals surface area (Å²) in [4.78, 5) is 12.4. The van der Waals surface area contributed by atoms with Crippen LogP contribution in [0.15, 0.2) is 30.3 Å². The molecule has 3 rings (SSSR count). The van der Waals surface area contributed by atoms with E-state index in [1.165, 1.54) is 6.42 Å². The molecule has 1 aliphatic rings. The lowest BCUT2D eigenvalue weighted by Gasteiger charge is -2.18. The highest BCUT2D eigenvalue weighted by atomic mass is 16.5. The van der Waals surface area contributed by atoms with Gasteiger partial charge in [0, 0.05) is 13.0 Å². The molecule has 0 saturated carbocycles. The summed E-state index contributed by atoms with van der Waals surface area (Å²) in [5, 5.41) is 11.6. The molecule has 1 aromatic heterocycles. The number of fused-ring (bicyclic) bond motifs is 1. The van der Waals surface area contributed by atoms with Crippen LogP contribution in [0.4, 0.5) is 0 Å². The lowest BCUT2D eigenvalue weighted by Crippen LogP contribution is -2.37. The maximum Gasteiger partial charge on any atom is 0.249 e. The fraction of sp³-hybridized carbons (Fsp3) is 0.526. The molecule has 1 aliphatic heterocycles. The van der Waals surface area contributed by atoms with Gasteiger partial charge in [0.15, 0.2) is 5.82 Å². The largest absolute Gasteiger partial charge is 0.364 e. The molecule has 0 unspecified atom stereocenters. The molecule has 0 fully saturated rings. The standard InChI is InChI=1S/C19H26N4O2/c1-14(18-22-21-17-11-7-4-8-12-23(17)18)20-19(24)15(2)25-13-16-9-5-3-6-10-16/h3,5-6,9-10,14-15H,4,7-8,11-13H2,1-2H3,(H,20,24)/t14-,15-/m0/s1. The average molecular weight is 342 g/mol. The van der Waals surface area contributed by atoms with Gasteiger partial charge in [-0.05, 0) is 32.3 Å². The number of rotatable bonds is 6. The van der Waals surface area contributed by atoms with E-state index in [0.717, 1.165) is 43.0 Å². The zero-order chi connectivity index (χ0) is 17.6. The Hall–Kier alpha value is -2.21. The number of ether oxygens (including phenoxy) is 1. The van der Waals surface area contributed by atoms with Crippen molar-refractivity contribution in [3.8, 4) is 0 Å². The Balaban J connectivity index is 1.56. The van der Waals surface area contributed by atoms with Crippen LogP contribution in [0.2, 0.25) is 0 Å². The number of carbonyl (C=O) groups excluding carboxylic acids is 1. The molecule has 0 aliphatic carbocycles. The second kappa shape index (κ2) is 8.25. The third-order valence-electron chi connectivity index (χ3n) is 4.60. The van der Waals surface area contributed by atoms with Crippen LogP contribution in [0.25, 0.3) is 0 Å². The van der Waals surface area contributed by atoms with Gasteiger partial charge in [0.1, 0.15) is 11.9 Å². The highest BCUT2D eigenvalue weighted by molar-refractivity contribution is 5.80. The monoisotopic (exact) mass is 342 g/mol. The molecular formula is C19H26N4O2. The first-order valence-electron chi connectivity index (χ1n) is 9.03. The van der Waals surface area contributed by atoms with Crippen molar-refractivity contribution in [2.24, 2.45) is 0 Å². The molecule has 1 N–H and O–H groups in total. The van der Waals surface area contributed by atoms with Crippen molar-refractivity contribution >= 4 is 5.91 Å². The molecule has 6 nitrogen and oxygen atoms in total. The number of hydrogen-bond donors (Lipinski definition) is 1. The Morgan fingerprint density at radius 1 is 1.20 bits per heavy atom. The molecule has 0 bridgehead atoms. The van der Waals surface area contributed by atoms with Crippen LogP contribution in [-0.2, 0) is 29.1 Å². The Kier molecular flexibility index (Phi) is 5.81. The third kappa shape index (κ3) is 4.45. The van der Waals surface area contributed by atoms with Gasteiger partial charge in [-0.25, -0.2) is 0 Å². The summed E-state index contributed by atoms with van der Waals surface area (Å²) in [5.74, 6) is 1.73. The Bertz CT molecular complexity index is 699. The minimum atomic E-state index is -0.519. The fourth-order valence-electron chi connectivity index (χ4n) is 3.09. The summed E-state index contributed by atoms with van der Waals surface area (Å²) in [5.41, 5.74) is 1.05. The van der Waals surface area contributed by atoms with Gasteiger partial charge in [0.05, 0.1) is 12.6 Å². The van der Waals surface area contributed by atoms with E-state index in [1.54, 1.807) is 6.92 Å². The first kappa shape index (κ1) is 17.6. The summed E-state index contributed by atoms with van der Waals surface area (Å²) >= 11 is 0. The van der Waals surface area contributed by atoms with Crippen molar-refractivity contribution in [1.82, 2.24) is 20.1 Å². The molecule has 1 aromatic carbocycles. The Morgan fingerprint density at radius 2 is 2.00 bits per heavy atom. The second-order valence-corrected chi connectivity index (χ2v) is 6.61. The highest BCUT2D eigenvalue weighted by Gasteiger charge is 2.22. The van der Waals surface area contributed by atoms with Crippen molar-refractivity contribution in [2.45, 2.75) is 64.8 Å². The quantitative estimate of drug-likeness (QED) is 0.876. The maximum absolute atomic E-state index is 12.4. The predicted octanol–water partition coefficient (Wildman–Crippen LogP) is 2.79. The number of nitrogens with one attached hydrogen (secondary N) is 1. The lowest BCUT2D eigenvalue weighted by atomic mass is 10.2. The van der Waals surface area contributed by atoms with Gasteiger partial charge in [-0.3, -0.25) is 4.79 Å². The third-order valence-corrected chi connectivity index (χ3v) is 4.60. The van der Waals surface area contributed by atoms with E-state index in [-0.39, 0.29) is 11.9 Å². The van der Waals surface area contributed by atoms with Crippen LogP contribution >= 0.6 is 0 Å². The first-order valence-corrected chi connectivity index (χ1v) is 9.03. The smallest absolute Gasteiger partial charge is 0.249 e. The molecular weight excluding hydrogens is 316 g/mol. The van der Waals surface area contributed by atoms with E-state index in [1.807, 2.05) is 37.3 Å². The van der Waals surface area contributed by atoms with Gasteiger partial charge in [-0.15, -0.1) is 10.2 Å². The van der Waals surface area contributed by atoms with Crippen LogP contribution in [0.3, 0.4) is 0 Å². The van der Waals surface area contributed by atoms with E-state index in [9.17, 15) is 4.79 Å². The van der Waals surface area contributed by atoms with E-state index in [2.05, 4.69) is 20.1 Å². The van der Waals surface area contributed by atoms with Crippen molar-refractivity contribution in [3.05, 3.63) is 47.5 Å². The number of hydrogen-bond acceptors (Lipinski definition) is 4. The molecule has 25 heavy (non-hydrogen) atoms. The van der Waals surface area contributed by atoms with Gasteiger partial charge < -0.3 is 14.6 Å². The van der Waals surface area contributed by atoms with Crippen LogP contribution < -0.4 is 5.32 Å². The molecule has 134 valence electrons. The van der Waals surface area contributed by atoms with Crippen molar-refractivity contribution in [1.29, 1.82) is 0 Å². The summed E-state index contributed by atoms with van der Waals surface area (Å²) in [6.45, 7) is 5.07. The SMILES string of the molecule is C[C@H](OCc1ccccc1)C(=O)N[C@@H](C)c1nnc2n1CCCCC2. The summed E-state index contributed by atoms with van der Waals surface area (Å²) in [6.07, 6.45) is 3.95. The number of amides is 1. The Morgan fingerprint density at radius 3 is 2.80 bits per heavy atom. The summed E-state index contributed by atoms with van der Waals surface area (Å²) in [7, 11) is 0. The average Bonchev–Trinajstić information content (AvgIpc) is 2.89. The topological polar surface area (TPSA) is 69.0 Å². The normalized spacial score (nSPS) is 16.6. The van der Waals surface area contributed by atoms with Gasteiger partial charge >= 0.3 is 0 Å². The fourth-order valence-corrected chi connectivity index (χ4v) is 3.09. The zero-order valence-corrected chi connectivity index (χ0v) is 14.9. The molecule has 2 atom stereocenters. The number of aryl methyl sites for hydroxylation is 1. The minimum Gasteiger partial charge on any atom is -0.364 e. The maximum atomic E-state index is 12.4. The molecule has 2 aromatic rings. The van der Waals surface area contributed by atoms with Crippen LogP contribution in [-0.4, -0.2) is 26.8 Å². The number of benzene rings is 1. The van der Waals surface area contributed by atoms with E-state index >= 15 is 0 Å². The molecule has 0 saturated heterocycles. The van der Waals surface area contributed by atoms with Crippen molar-refractivity contribution < 1.29 is 9.53 Å². The van der Waals surface area contributed by atoms with Crippen molar-refractivity contribution in [2.75, 3.05) is 0 Å². The first-order chi connectivity index (χ1) is 12.1. The number of nitrogens with zero attached hydrogens (tertiary/aromatic N) is 3. The van der Waals surface area contributed by atoms with E-state index in [4.69, 9.17) is 4.74 Å². The Labute approximate surface area is 148 Å². The van der Waals surface area contributed by atoms with Crippen LogP contribution in [0.5, 0.6) is 0 Å². The lowest BCUT2D eigenvalue weighted by molar-refractivity contribution is -0.133. The summed E-state index contributed by atoms with van der Waals surface area (Å²) < 4.78 is 7.85. The van der Waals surface area contributed by atoms with Crippen LogP contribution in [0, 0.1) is 0 Å². The molecule has 2 heterocycles. The molecule has 6 heteroatoms. The summed E-state index contributed by atoms with van der Waals surface area (Å²) in [6, 6.07) is 9.67. The predicted molar refractivity (Wildman–Crippen MR) is 94.8 cm³/mol. The van der Waals surface area contributed by atoms with Gasteiger partial charge in [-0.2, -0.15) is 0 Å². The van der Waals surface area contributed by atoms with Gasteiger partial charge in [-0.1, -0.05) is 36.8 Å². The number of carbonyl (C=O) groups is 1. The van der Waals surface area contributed by atoms with E-state index < -0.39 is 6.10 Å². The van der Waals surface area contributed by atoms with Crippen LogP contribution in [0.1, 0.15) is 56.4 Å². The molecule has 0 radical (unpaired) electrons. The highest BCUT2D eigenvalue weighted by Crippen LogP contribution is 2.18. The van der Waals surface area contributed by atoms with Gasteiger partial charge in [0.25, 0.3) is 0 Å².